The van der Waals surface area contributed by atoms with E-state index in [2.05, 4.69) is 33.9 Å². The topological polar surface area (TPSA) is 57.8 Å². The van der Waals surface area contributed by atoms with Gasteiger partial charge in [0, 0.05) is 36.8 Å². The molecule has 1 aromatic heterocycles. The standard InChI is InChI=1S/C20H21N3O2/c1-2-18(24)22-15-6-3-5-14(13-15)20-16-8-10-21-17(16)9-11-23(20)19-7-4-12-25-19/h2,4,7-8,10,12-13,15H,1,3,5-6,9,11H2,(H,22,24). The third kappa shape index (κ3) is 2.97. The number of nitrogens with one attached hydrogen (secondary N) is 1. The maximum atomic E-state index is 11.7. The van der Waals surface area contributed by atoms with Crippen LogP contribution in [0.4, 0.5) is 5.88 Å². The van der Waals surface area contributed by atoms with Crippen LogP contribution in [0.5, 0.6) is 0 Å². The molecule has 5 heteroatoms. The number of hydrogen-bond donors (Lipinski definition) is 1. The number of nitrogens with zero attached hydrogens (tertiary/aromatic N) is 2. The highest BCUT2D eigenvalue weighted by Crippen LogP contribution is 2.37. The van der Waals surface area contributed by atoms with Crippen molar-refractivity contribution in [1.29, 1.82) is 0 Å². The third-order valence-corrected chi connectivity index (χ3v) is 4.83. The lowest BCUT2D eigenvalue weighted by atomic mass is 9.88. The molecule has 0 radical (unpaired) electrons. The molecule has 1 aromatic rings. The van der Waals surface area contributed by atoms with Crippen LogP contribution in [-0.4, -0.2) is 24.2 Å². The van der Waals surface area contributed by atoms with E-state index in [1.807, 2.05) is 18.3 Å². The molecule has 128 valence electrons. The molecule has 1 amide bonds. The summed E-state index contributed by atoms with van der Waals surface area (Å²) in [5, 5.41) is 3.00. The molecule has 0 fully saturated rings. The lowest BCUT2D eigenvalue weighted by molar-refractivity contribution is -0.116. The van der Waals surface area contributed by atoms with E-state index < -0.39 is 0 Å². The first kappa shape index (κ1) is 15.7. The number of furan rings is 1. The monoisotopic (exact) mass is 335 g/mol. The van der Waals surface area contributed by atoms with Crippen molar-refractivity contribution in [3.63, 3.8) is 0 Å². The molecule has 3 heterocycles. The number of hydrogen-bond acceptors (Lipinski definition) is 4. The van der Waals surface area contributed by atoms with E-state index in [0.717, 1.165) is 49.5 Å². The van der Waals surface area contributed by atoms with Crippen LogP contribution in [0.1, 0.15) is 25.7 Å². The molecule has 3 aliphatic rings. The molecule has 0 saturated carbocycles. The fourth-order valence-corrected chi connectivity index (χ4v) is 3.72. The predicted molar refractivity (Wildman–Crippen MR) is 98.3 cm³/mol. The molecule has 0 aromatic carbocycles. The molecule has 4 rings (SSSR count). The first-order valence-corrected chi connectivity index (χ1v) is 8.69. The van der Waals surface area contributed by atoms with Crippen LogP contribution in [0.2, 0.25) is 0 Å². The van der Waals surface area contributed by atoms with Gasteiger partial charge in [-0.25, -0.2) is 0 Å². The van der Waals surface area contributed by atoms with Crippen molar-refractivity contribution in [3.8, 4) is 0 Å². The van der Waals surface area contributed by atoms with Crippen molar-refractivity contribution in [1.82, 2.24) is 5.32 Å². The zero-order chi connectivity index (χ0) is 17.2. The molecule has 5 nitrogen and oxygen atoms in total. The summed E-state index contributed by atoms with van der Waals surface area (Å²) in [5.41, 5.74) is 4.71. The molecule has 1 unspecified atom stereocenters. The zero-order valence-electron chi connectivity index (χ0n) is 14.1. The number of rotatable bonds is 4. The van der Waals surface area contributed by atoms with E-state index in [4.69, 9.17) is 4.42 Å². The van der Waals surface area contributed by atoms with Crippen molar-refractivity contribution >= 4 is 17.5 Å². The van der Waals surface area contributed by atoms with Gasteiger partial charge in [-0.1, -0.05) is 12.7 Å². The quantitative estimate of drug-likeness (QED) is 0.857. The Morgan fingerprint density at radius 2 is 2.36 bits per heavy atom. The van der Waals surface area contributed by atoms with Crippen LogP contribution in [0.3, 0.4) is 0 Å². The average molecular weight is 335 g/mol. The Labute approximate surface area is 147 Å². The van der Waals surface area contributed by atoms with Gasteiger partial charge in [0.15, 0.2) is 5.88 Å². The molecule has 1 atom stereocenters. The summed E-state index contributed by atoms with van der Waals surface area (Å²) < 4.78 is 5.67. The zero-order valence-corrected chi connectivity index (χ0v) is 14.1. The summed E-state index contributed by atoms with van der Waals surface area (Å²) in [4.78, 5) is 18.4. The van der Waals surface area contributed by atoms with Gasteiger partial charge in [0.2, 0.25) is 5.91 Å². The second-order valence-corrected chi connectivity index (χ2v) is 6.41. The summed E-state index contributed by atoms with van der Waals surface area (Å²) in [5.74, 6) is 0.717. The van der Waals surface area contributed by atoms with Gasteiger partial charge in [-0.3, -0.25) is 9.79 Å². The number of amides is 1. The van der Waals surface area contributed by atoms with Crippen LogP contribution in [-0.2, 0) is 4.79 Å². The van der Waals surface area contributed by atoms with Crippen LogP contribution in [0.15, 0.2) is 75.7 Å². The van der Waals surface area contributed by atoms with E-state index in [1.165, 1.54) is 17.2 Å². The fourth-order valence-electron chi connectivity index (χ4n) is 3.72. The van der Waals surface area contributed by atoms with Gasteiger partial charge in [0.25, 0.3) is 0 Å². The molecule has 25 heavy (non-hydrogen) atoms. The minimum Gasteiger partial charge on any atom is -0.448 e. The molecule has 0 spiro atoms. The number of carbonyl (C=O) groups excluding carboxylic acids is 1. The smallest absolute Gasteiger partial charge is 0.243 e. The van der Waals surface area contributed by atoms with Crippen molar-refractivity contribution in [3.05, 3.63) is 66.2 Å². The predicted octanol–water partition coefficient (Wildman–Crippen LogP) is 3.49. The number of anilines is 1. The molecule has 0 saturated heterocycles. The lowest BCUT2D eigenvalue weighted by Crippen LogP contribution is -2.37. The van der Waals surface area contributed by atoms with Crippen molar-refractivity contribution in [2.24, 2.45) is 4.99 Å². The van der Waals surface area contributed by atoms with Crippen LogP contribution >= 0.6 is 0 Å². The molecule has 1 aliphatic carbocycles. The largest absolute Gasteiger partial charge is 0.448 e. The van der Waals surface area contributed by atoms with Crippen molar-refractivity contribution in [2.75, 3.05) is 11.4 Å². The van der Waals surface area contributed by atoms with Crippen LogP contribution in [0, 0.1) is 0 Å². The van der Waals surface area contributed by atoms with Gasteiger partial charge >= 0.3 is 0 Å². The summed E-state index contributed by atoms with van der Waals surface area (Å²) in [7, 11) is 0. The Kier molecular flexibility index (Phi) is 4.14. The van der Waals surface area contributed by atoms with E-state index in [0.29, 0.717) is 0 Å². The molecular formula is C20H21N3O2. The van der Waals surface area contributed by atoms with Gasteiger partial charge in [-0.15, -0.1) is 0 Å². The van der Waals surface area contributed by atoms with Gasteiger partial charge in [-0.05, 0) is 43.1 Å². The van der Waals surface area contributed by atoms with Gasteiger partial charge < -0.3 is 14.6 Å². The second-order valence-electron chi connectivity index (χ2n) is 6.41. The maximum absolute atomic E-state index is 11.7. The van der Waals surface area contributed by atoms with E-state index in [-0.39, 0.29) is 11.9 Å². The molecule has 2 aliphatic heterocycles. The van der Waals surface area contributed by atoms with Crippen molar-refractivity contribution < 1.29 is 9.21 Å². The Morgan fingerprint density at radius 1 is 1.44 bits per heavy atom. The summed E-state index contributed by atoms with van der Waals surface area (Å²) in [6.45, 7) is 4.38. The van der Waals surface area contributed by atoms with Gasteiger partial charge in [0.05, 0.1) is 17.7 Å². The Bertz CT molecular complexity index is 812. The van der Waals surface area contributed by atoms with E-state index >= 15 is 0 Å². The number of fused-ring (bicyclic) bond motifs is 1. The summed E-state index contributed by atoms with van der Waals surface area (Å²) in [6, 6.07) is 3.93. The first-order chi connectivity index (χ1) is 12.3. The summed E-state index contributed by atoms with van der Waals surface area (Å²) >= 11 is 0. The van der Waals surface area contributed by atoms with Crippen LogP contribution < -0.4 is 10.2 Å². The summed E-state index contributed by atoms with van der Waals surface area (Å²) in [6.07, 6.45) is 13.0. The lowest BCUT2D eigenvalue weighted by Gasteiger charge is -2.34. The third-order valence-electron chi connectivity index (χ3n) is 4.83. The first-order valence-electron chi connectivity index (χ1n) is 8.69. The van der Waals surface area contributed by atoms with Gasteiger partial charge in [-0.2, -0.15) is 0 Å². The Balaban J connectivity index is 1.73. The highest BCUT2D eigenvalue weighted by molar-refractivity contribution is 6.08. The second kappa shape index (κ2) is 6.59. The fraction of sp³-hybridized carbons (Fsp3) is 0.300. The minimum absolute atomic E-state index is 0.0356. The number of allylic oxidation sites excluding steroid dienone is 3. The van der Waals surface area contributed by atoms with Crippen molar-refractivity contribution in [2.45, 2.75) is 31.7 Å². The number of aliphatic imine (C=N–C) groups is 1. The van der Waals surface area contributed by atoms with Crippen LogP contribution in [0.25, 0.3) is 0 Å². The number of carbonyl (C=O) groups is 1. The highest BCUT2D eigenvalue weighted by Gasteiger charge is 2.31. The minimum atomic E-state index is -0.130. The average Bonchev–Trinajstić information content (AvgIpc) is 3.32. The molecule has 0 bridgehead atoms. The SMILES string of the molecule is C=CC(=O)NC1C=C(C2=C3C=CN=C3CCN2c2ccco2)CCC1. The Morgan fingerprint density at radius 3 is 3.16 bits per heavy atom. The molecular weight excluding hydrogens is 314 g/mol. The maximum Gasteiger partial charge on any atom is 0.243 e. The van der Waals surface area contributed by atoms with Gasteiger partial charge in [0.1, 0.15) is 0 Å². The Hall–Kier alpha value is -2.82. The van der Waals surface area contributed by atoms with E-state index in [9.17, 15) is 4.79 Å². The normalized spacial score (nSPS) is 22.4. The van der Waals surface area contributed by atoms with E-state index in [1.54, 1.807) is 6.26 Å². The molecule has 1 N–H and O–H groups in total. The highest BCUT2D eigenvalue weighted by atomic mass is 16.3.